The van der Waals surface area contributed by atoms with Crippen LogP contribution in [0, 0.1) is 5.92 Å². The molecule has 6 heteroatoms. The van der Waals surface area contributed by atoms with Gasteiger partial charge in [-0.25, -0.2) is 4.79 Å². The first-order valence-electron chi connectivity index (χ1n) is 7.77. The number of likely N-dealkylation sites (tertiary alicyclic amines) is 1. The Kier molecular flexibility index (Phi) is 5.93. The zero-order valence-corrected chi connectivity index (χ0v) is 15.0. The summed E-state index contributed by atoms with van der Waals surface area (Å²) < 4.78 is 5.14. The van der Waals surface area contributed by atoms with Crippen LogP contribution in [0.5, 0.6) is 0 Å². The highest BCUT2D eigenvalue weighted by Gasteiger charge is 2.44. The number of hydrogen-bond acceptors (Lipinski definition) is 3. The molecule has 1 fully saturated rings. The molecule has 0 N–H and O–H groups in total. The lowest BCUT2D eigenvalue weighted by Gasteiger charge is -2.28. The van der Waals surface area contributed by atoms with E-state index in [1.165, 1.54) is 0 Å². The Morgan fingerprint density at radius 2 is 1.87 bits per heavy atom. The Bertz CT molecular complexity index is 585. The predicted molar refractivity (Wildman–Crippen MR) is 90.7 cm³/mol. The molecule has 0 radical (unpaired) electrons. The van der Waals surface area contributed by atoms with Crippen molar-refractivity contribution in [3.8, 4) is 0 Å². The number of nitrogens with zero attached hydrogens (tertiary/aromatic N) is 1. The summed E-state index contributed by atoms with van der Waals surface area (Å²) >= 11 is 12.3. The highest BCUT2D eigenvalue weighted by Crippen LogP contribution is 2.32. The van der Waals surface area contributed by atoms with Crippen molar-refractivity contribution in [3.63, 3.8) is 0 Å². The van der Waals surface area contributed by atoms with Gasteiger partial charge in [-0.2, -0.15) is 0 Å². The molecule has 1 aliphatic rings. The van der Waals surface area contributed by atoms with Gasteiger partial charge in [-0.1, -0.05) is 36.2 Å². The van der Waals surface area contributed by atoms with E-state index in [0.717, 1.165) is 6.42 Å². The molecule has 0 spiro atoms. The van der Waals surface area contributed by atoms with Gasteiger partial charge in [0.05, 0.1) is 13.0 Å². The van der Waals surface area contributed by atoms with Crippen molar-refractivity contribution in [2.45, 2.75) is 45.7 Å². The first-order chi connectivity index (χ1) is 10.9. The van der Waals surface area contributed by atoms with E-state index in [1.807, 2.05) is 13.8 Å². The monoisotopic (exact) mass is 357 g/mol. The quantitative estimate of drug-likeness (QED) is 0.771. The summed E-state index contributed by atoms with van der Waals surface area (Å²) in [7, 11) is 0. The average molecular weight is 358 g/mol. The Hall–Kier alpha value is -1.26. The number of ether oxygens (including phenoxy) is 1. The van der Waals surface area contributed by atoms with Crippen molar-refractivity contribution in [2.24, 2.45) is 5.92 Å². The maximum absolute atomic E-state index is 12.8. The van der Waals surface area contributed by atoms with E-state index in [4.69, 9.17) is 27.9 Å². The minimum Gasteiger partial charge on any atom is -0.464 e. The minimum atomic E-state index is -0.543. The van der Waals surface area contributed by atoms with E-state index in [2.05, 4.69) is 0 Å². The number of hydrogen-bond donors (Lipinski definition) is 0. The van der Waals surface area contributed by atoms with E-state index in [1.54, 1.807) is 30.0 Å². The van der Waals surface area contributed by atoms with E-state index in [0.29, 0.717) is 22.2 Å². The summed E-state index contributed by atoms with van der Waals surface area (Å²) in [5.74, 6) is -0.437. The van der Waals surface area contributed by atoms with Gasteiger partial charge in [0.25, 0.3) is 0 Å². The highest BCUT2D eigenvalue weighted by molar-refractivity contribution is 6.36. The van der Waals surface area contributed by atoms with Gasteiger partial charge in [-0.15, -0.1) is 0 Å². The third-order valence-corrected chi connectivity index (χ3v) is 4.94. The standard InChI is InChI=1S/C17H21Cl2NO3/c1-4-23-17(22)16-10(2)8-11(3)20(16)15(21)9-12-13(18)6-5-7-14(12)19/h5-7,10-11,16H,4,8-9H2,1-3H3. The normalized spacial score (nSPS) is 23.9. The molecule has 3 atom stereocenters. The lowest BCUT2D eigenvalue weighted by atomic mass is 10.0. The molecule has 1 saturated heterocycles. The summed E-state index contributed by atoms with van der Waals surface area (Å²) in [6.07, 6.45) is 0.844. The van der Waals surface area contributed by atoms with Crippen LogP contribution in [0.2, 0.25) is 10.0 Å². The number of esters is 1. The maximum Gasteiger partial charge on any atom is 0.329 e. The lowest BCUT2D eigenvalue weighted by Crippen LogP contribution is -2.47. The average Bonchev–Trinajstić information content (AvgIpc) is 2.77. The molecule has 0 bridgehead atoms. The number of benzene rings is 1. The number of halogens is 2. The minimum absolute atomic E-state index is 0.0202. The van der Waals surface area contributed by atoms with Gasteiger partial charge in [0.1, 0.15) is 6.04 Å². The molecular formula is C17H21Cl2NO3. The second kappa shape index (κ2) is 7.54. The molecule has 0 aromatic heterocycles. The highest BCUT2D eigenvalue weighted by atomic mass is 35.5. The summed E-state index contributed by atoms with van der Waals surface area (Å²) in [5.41, 5.74) is 0.593. The molecule has 1 aromatic carbocycles. The molecule has 1 aliphatic heterocycles. The van der Waals surface area contributed by atoms with Crippen molar-refractivity contribution in [1.82, 2.24) is 4.90 Å². The van der Waals surface area contributed by atoms with Gasteiger partial charge in [-0.3, -0.25) is 4.79 Å². The van der Waals surface area contributed by atoms with Gasteiger partial charge in [0, 0.05) is 16.1 Å². The molecule has 1 heterocycles. The number of amides is 1. The van der Waals surface area contributed by atoms with Gasteiger partial charge >= 0.3 is 5.97 Å². The van der Waals surface area contributed by atoms with Crippen LogP contribution in [0.15, 0.2) is 18.2 Å². The fraction of sp³-hybridized carbons (Fsp3) is 0.529. The van der Waals surface area contributed by atoms with Crippen molar-refractivity contribution in [2.75, 3.05) is 6.61 Å². The molecule has 4 nitrogen and oxygen atoms in total. The smallest absolute Gasteiger partial charge is 0.329 e. The molecule has 23 heavy (non-hydrogen) atoms. The first-order valence-corrected chi connectivity index (χ1v) is 8.53. The van der Waals surface area contributed by atoms with E-state index >= 15 is 0 Å². The predicted octanol–water partition coefficient (Wildman–Crippen LogP) is 3.72. The van der Waals surface area contributed by atoms with Crippen LogP contribution in [0.4, 0.5) is 0 Å². The summed E-state index contributed by atoms with van der Waals surface area (Å²) in [6, 6.07) is 4.58. The van der Waals surface area contributed by atoms with E-state index in [9.17, 15) is 9.59 Å². The van der Waals surface area contributed by atoms with Crippen LogP contribution in [-0.2, 0) is 20.7 Å². The summed E-state index contributed by atoms with van der Waals surface area (Å²) in [5, 5.41) is 0.914. The fourth-order valence-electron chi connectivity index (χ4n) is 3.25. The van der Waals surface area contributed by atoms with Crippen molar-refractivity contribution < 1.29 is 14.3 Å². The van der Waals surface area contributed by atoms with Gasteiger partial charge in [0.15, 0.2) is 0 Å². The Morgan fingerprint density at radius 1 is 1.26 bits per heavy atom. The first kappa shape index (κ1) is 18.1. The molecule has 0 aliphatic carbocycles. The Labute approximate surface area is 146 Å². The zero-order chi connectivity index (χ0) is 17.1. The third-order valence-electron chi connectivity index (χ3n) is 4.23. The van der Waals surface area contributed by atoms with Gasteiger partial charge in [0.2, 0.25) is 5.91 Å². The zero-order valence-electron chi connectivity index (χ0n) is 13.5. The molecule has 3 unspecified atom stereocenters. The van der Waals surface area contributed by atoms with Gasteiger partial charge < -0.3 is 9.64 Å². The summed E-state index contributed by atoms with van der Waals surface area (Å²) in [6.45, 7) is 5.97. The largest absolute Gasteiger partial charge is 0.464 e. The molecular weight excluding hydrogens is 337 g/mol. The molecule has 2 rings (SSSR count). The maximum atomic E-state index is 12.8. The van der Waals surface area contributed by atoms with E-state index < -0.39 is 6.04 Å². The van der Waals surface area contributed by atoms with Crippen molar-refractivity contribution >= 4 is 35.1 Å². The van der Waals surface area contributed by atoms with E-state index in [-0.39, 0.29) is 30.3 Å². The van der Waals surface area contributed by atoms with Crippen LogP contribution in [-0.4, -0.2) is 35.5 Å². The lowest BCUT2D eigenvalue weighted by molar-refractivity contribution is -0.155. The van der Waals surface area contributed by atoms with Crippen LogP contribution in [0.1, 0.15) is 32.8 Å². The number of rotatable bonds is 4. The fourth-order valence-corrected chi connectivity index (χ4v) is 3.78. The van der Waals surface area contributed by atoms with Crippen molar-refractivity contribution in [3.05, 3.63) is 33.8 Å². The molecule has 126 valence electrons. The van der Waals surface area contributed by atoms with Gasteiger partial charge in [-0.05, 0) is 43.9 Å². The summed E-state index contributed by atoms with van der Waals surface area (Å²) in [4.78, 5) is 26.7. The molecule has 0 saturated carbocycles. The van der Waals surface area contributed by atoms with Crippen molar-refractivity contribution in [1.29, 1.82) is 0 Å². The van der Waals surface area contributed by atoms with Crippen LogP contribution in [0.25, 0.3) is 0 Å². The number of carbonyl (C=O) groups is 2. The van der Waals surface area contributed by atoms with Crippen LogP contribution >= 0.6 is 23.2 Å². The number of carbonyl (C=O) groups excluding carboxylic acids is 2. The second-order valence-corrected chi connectivity index (χ2v) is 6.75. The topological polar surface area (TPSA) is 46.6 Å². The molecule has 1 aromatic rings. The SMILES string of the molecule is CCOC(=O)C1C(C)CC(C)N1C(=O)Cc1c(Cl)cccc1Cl. The third kappa shape index (κ3) is 3.81. The Balaban J connectivity index is 2.23. The Morgan fingerprint density at radius 3 is 2.43 bits per heavy atom. The van der Waals surface area contributed by atoms with Crippen LogP contribution in [0.3, 0.4) is 0 Å². The molecule has 1 amide bonds. The second-order valence-electron chi connectivity index (χ2n) is 5.94. The van der Waals surface area contributed by atoms with Crippen LogP contribution < -0.4 is 0 Å².